The van der Waals surface area contributed by atoms with Crippen molar-refractivity contribution in [3.05, 3.63) is 11.7 Å². The molecule has 94 valence electrons. The zero-order valence-corrected chi connectivity index (χ0v) is 10.1. The lowest BCUT2D eigenvalue weighted by Gasteiger charge is -2.24. The number of aromatic nitrogens is 2. The van der Waals surface area contributed by atoms with Crippen LogP contribution in [0.3, 0.4) is 0 Å². The van der Waals surface area contributed by atoms with Gasteiger partial charge in [-0.05, 0) is 38.0 Å². The number of nitrogens with two attached hydrogens (primary N) is 1. The molecule has 0 saturated heterocycles. The zero-order chi connectivity index (χ0) is 11.8. The molecule has 3 rings (SSSR count). The molecule has 2 saturated carbocycles. The third-order valence-corrected chi connectivity index (χ3v) is 4.18. The highest BCUT2D eigenvalue weighted by Gasteiger charge is 2.48. The van der Waals surface area contributed by atoms with Gasteiger partial charge in [0.2, 0.25) is 5.89 Å². The predicted molar refractivity (Wildman–Crippen MR) is 61.2 cm³/mol. The van der Waals surface area contributed by atoms with Gasteiger partial charge in [0.05, 0.1) is 5.92 Å². The average Bonchev–Trinajstić information content (AvgIpc) is 3.00. The highest BCUT2D eigenvalue weighted by Crippen LogP contribution is 2.51. The maximum atomic E-state index is 6.25. The summed E-state index contributed by atoms with van der Waals surface area (Å²) < 4.78 is 10.6. The summed E-state index contributed by atoms with van der Waals surface area (Å²) in [4.78, 5) is 4.42. The van der Waals surface area contributed by atoms with Gasteiger partial charge < -0.3 is 15.0 Å². The van der Waals surface area contributed by atoms with Gasteiger partial charge in [0.15, 0.2) is 5.82 Å². The van der Waals surface area contributed by atoms with Gasteiger partial charge in [0, 0.05) is 12.6 Å². The van der Waals surface area contributed by atoms with Crippen LogP contribution in [0.1, 0.15) is 43.8 Å². The van der Waals surface area contributed by atoms with Crippen LogP contribution in [-0.2, 0) is 11.3 Å². The molecule has 5 nitrogen and oxygen atoms in total. The Balaban J connectivity index is 1.73. The Bertz CT molecular complexity index is 391. The van der Waals surface area contributed by atoms with Gasteiger partial charge >= 0.3 is 0 Å². The van der Waals surface area contributed by atoms with Gasteiger partial charge in [-0.2, -0.15) is 4.98 Å². The Kier molecular flexibility index (Phi) is 2.88. The Labute approximate surface area is 101 Å². The normalized spacial score (nSPS) is 35.6. The van der Waals surface area contributed by atoms with Gasteiger partial charge in [-0.15, -0.1) is 0 Å². The Morgan fingerprint density at radius 1 is 1.41 bits per heavy atom. The second-order valence-electron chi connectivity index (χ2n) is 5.12. The number of hydrogen-bond donors (Lipinski definition) is 1. The van der Waals surface area contributed by atoms with Gasteiger partial charge in [-0.25, -0.2) is 0 Å². The number of hydrogen-bond acceptors (Lipinski definition) is 5. The first-order valence-corrected chi connectivity index (χ1v) is 6.45. The van der Waals surface area contributed by atoms with Crippen molar-refractivity contribution in [3.8, 4) is 0 Å². The van der Waals surface area contributed by atoms with Crippen LogP contribution in [0, 0.1) is 11.8 Å². The molecule has 1 heterocycles. The second-order valence-corrected chi connectivity index (χ2v) is 5.12. The molecule has 2 aliphatic carbocycles. The maximum Gasteiger partial charge on any atom is 0.231 e. The van der Waals surface area contributed by atoms with E-state index in [0.717, 1.165) is 5.89 Å². The van der Waals surface area contributed by atoms with Crippen molar-refractivity contribution in [3.63, 3.8) is 0 Å². The summed E-state index contributed by atoms with van der Waals surface area (Å²) in [5, 5.41) is 3.95. The minimum absolute atomic E-state index is 0.203. The molecular weight excluding hydrogens is 218 g/mol. The molecule has 2 bridgehead atoms. The van der Waals surface area contributed by atoms with Crippen molar-refractivity contribution in [2.75, 3.05) is 6.61 Å². The minimum Gasteiger partial charge on any atom is -0.374 e. The van der Waals surface area contributed by atoms with E-state index in [4.69, 9.17) is 15.0 Å². The van der Waals surface area contributed by atoms with Crippen LogP contribution in [0.25, 0.3) is 0 Å². The van der Waals surface area contributed by atoms with Crippen LogP contribution in [0.5, 0.6) is 0 Å². The monoisotopic (exact) mass is 237 g/mol. The minimum atomic E-state index is 0.203. The van der Waals surface area contributed by atoms with E-state index in [1.807, 2.05) is 6.92 Å². The molecule has 4 unspecified atom stereocenters. The summed E-state index contributed by atoms with van der Waals surface area (Å²) >= 11 is 0. The average molecular weight is 237 g/mol. The third kappa shape index (κ3) is 1.87. The summed E-state index contributed by atoms with van der Waals surface area (Å²) in [6.07, 6.45) is 3.75. The maximum absolute atomic E-state index is 6.25. The number of nitrogens with zero attached hydrogens (tertiary/aromatic N) is 2. The van der Waals surface area contributed by atoms with Crippen LogP contribution >= 0.6 is 0 Å². The highest BCUT2D eigenvalue weighted by atomic mass is 16.5. The van der Waals surface area contributed by atoms with E-state index in [9.17, 15) is 0 Å². The summed E-state index contributed by atoms with van der Waals surface area (Å²) in [6, 6.07) is 0.203. The van der Waals surface area contributed by atoms with Gasteiger partial charge in [0.1, 0.15) is 6.61 Å². The molecule has 1 aromatic rings. The summed E-state index contributed by atoms with van der Waals surface area (Å²) in [6.45, 7) is 3.04. The molecule has 0 radical (unpaired) electrons. The van der Waals surface area contributed by atoms with Gasteiger partial charge in [0.25, 0.3) is 0 Å². The molecule has 2 aliphatic rings. The Morgan fingerprint density at radius 2 is 2.24 bits per heavy atom. The fourth-order valence-electron chi connectivity index (χ4n) is 3.36. The second kappa shape index (κ2) is 4.38. The number of rotatable bonds is 4. The molecule has 1 aromatic heterocycles. The summed E-state index contributed by atoms with van der Waals surface area (Å²) in [7, 11) is 0. The smallest absolute Gasteiger partial charge is 0.231 e. The first-order chi connectivity index (χ1) is 8.29. The first-order valence-electron chi connectivity index (χ1n) is 6.45. The van der Waals surface area contributed by atoms with Crippen LogP contribution < -0.4 is 5.73 Å². The first kappa shape index (κ1) is 11.2. The van der Waals surface area contributed by atoms with E-state index in [-0.39, 0.29) is 12.0 Å². The van der Waals surface area contributed by atoms with Gasteiger partial charge in [-0.3, -0.25) is 0 Å². The lowest BCUT2D eigenvalue weighted by Crippen LogP contribution is -2.34. The van der Waals surface area contributed by atoms with Crippen molar-refractivity contribution in [2.45, 2.75) is 44.8 Å². The molecular formula is C12H19N3O2. The molecule has 5 heteroatoms. The van der Waals surface area contributed by atoms with Crippen molar-refractivity contribution in [1.82, 2.24) is 10.1 Å². The van der Waals surface area contributed by atoms with Crippen LogP contribution in [-0.4, -0.2) is 22.8 Å². The lowest BCUT2D eigenvalue weighted by molar-refractivity contribution is 0.126. The highest BCUT2D eigenvalue weighted by molar-refractivity contribution is 5.11. The molecule has 0 spiro atoms. The summed E-state index contributed by atoms with van der Waals surface area (Å²) in [5.41, 5.74) is 6.25. The Morgan fingerprint density at radius 3 is 2.94 bits per heavy atom. The number of ether oxygens (including phenoxy) is 1. The fourth-order valence-corrected chi connectivity index (χ4v) is 3.36. The van der Waals surface area contributed by atoms with Crippen molar-refractivity contribution >= 4 is 0 Å². The molecule has 0 aromatic carbocycles. The summed E-state index contributed by atoms with van der Waals surface area (Å²) in [5.74, 6) is 2.94. The van der Waals surface area contributed by atoms with Crippen molar-refractivity contribution in [1.29, 1.82) is 0 Å². The topological polar surface area (TPSA) is 74.2 Å². The quantitative estimate of drug-likeness (QED) is 0.857. The standard InChI is InChI=1S/C12H19N3O2/c1-2-16-6-9-14-12(17-15-9)10-7-3-4-8(5-7)11(10)13/h7-8,10-11H,2-6,13H2,1H3. The van der Waals surface area contributed by atoms with Crippen molar-refractivity contribution in [2.24, 2.45) is 17.6 Å². The van der Waals surface area contributed by atoms with Crippen LogP contribution in [0.4, 0.5) is 0 Å². The molecule has 4 atom stereocenters. The largest absolute Gasteiger partial charge is 0.374 e. The van der Waals surface area contributed by atoms with E-state index in [0.29, 0.717) is 30.9 Å². The molecule has 0 amide bonds. The van der Waals surface area contributed by atoms with Crippen LogP contribution in [0.15, 0.2) is 4.52 Å². The van der Waals surface area contributed by atoms with Crippen LogP contribution in [0.2, 0.25) is 0 Å². The van der Waals surface area contributed by atoms with Gasteiger partial charge in [-0.1, -0.05) is 5.16 Å². The van der Waals surface area contributed by atoms with E-state index in [1.165, 1.54) is 19.3 Å². The molecule has 2 fully saturated rings. The SMILES string of the molecule is CCOCc1noc(C2C3CCC(C3)C2N)n1. The van der Waals surface area contributed by atoms with E-state index >= 15 is 0 Å². The predicted octanol–water partition coefficient (Wildman–Crippen LogP) is 1.45. The molecule has 17 heavy (non-hydrogen) atoms. The molecule has 0 aliphatic heterocycles. The third-order valence-electron chi connectivity index (χ3n) is 4.18. The lowest BCUT2D eigenvalue weighted by atomic mass is 9.85. The number of fused-ring (bicyclic) bond motifs is 2. The van der Waals surface area contributed by atoms with E-state index in [2.05, 4.69) is 10.1 Å². The Hall–Kier alpha value is -0.940. The zero-order valence-electron chi connectivity index (χ0n) is 10.1. The van der Waals surface area contributed by atoms with E-state index < -0.39 is 0 Å². The van der Waals surface area contributed by atoms with E-state index in [1.54, 1.807) is 0 Å². The fraction of sp³-hybridized carbons (Fsp3) is 0.833. The van der Waals surface area contributed by atoms with Crippen molar-refractivity contribution < 1.29 is 9.26 Å². The molecule has 2 N–H and O–H groups in total.